The van der Waals surface area contributed by atoms with Crippen LogP contribution in [0.15, 0.2) is 18.3 Å². The van der Waals surface area contributed by atoms with Gasteiger partial charge < -0.3 is 10.1 Å². The highest BCUT2D eigenvalue weighted by atomic mass is 16.5. The van der Waals surface area contributed by atoms with E-state index >= 15 is 0 Å². The summed E-state index contributed by atoms with van der Waals surface area (Å²) in [5.74, 6) is 0. The molecule has 1 fully saturated rings. The zero-order valence-corrected chi connectivity index (χ0v) is 12.0. The number of ether oxygens (including phenoxy) is 1. The monoisotopic (exact) mass is 262 g/mol. The average Bonchev–Trinajstić information content (AvgIpc) is 2.48. The number of hydrogen-bond acceptors (Lipinski definition) is 3. The number of nitrogens with one attached hydrogen (secondary N) is 1. The fourth-order valence-corrected chi connectivity index (χ4v) is 2.49. The van der Waals surface area contributed by atoms with Gasteiger partial charge in [0.1, 0.15) is 0 Å². The SMILES string of the molecule is CCCNCc1ccc(COC2CCCCC2)nc1. The lowest BCUT2D eigenvalue weighted by Gasteiger charge is -2.21. The summed E-state index contributed by atoms with van der Waals surface area (Å²) in [4.78, 5) is 4.48. The lowest BCUT2D eigenvalue weighted by Crippen LogP contribution is -2.17. The molecule has 106 valence electrons. The molecule has 3 heteroatoms. The molecule has 1 aromatic rings. The van der Waals surface area contributed by atoms with Crippen LogP contribution in [0, 0.1) is 0 Å². The second-order valence-corrected chi connectivity index (χ2v) is 5.41. The minimum absolute atomic E-state index is 0.460. The molecule has 0 aliphatic heterocycles. The molecule has 19 heavy (non-hydrogen) atoms. The molecule has 2 rings (SSSR count). The lowest BCUT2D eigenvalue weighted by atomic mass is 9.98. The Hall–Kier alpha value is -0.930. The quantitative estimate of drug-likeness (QED) is 0.764. The van der Waals surface area contributed by atoms with Crippen LogP contribution in [0.25, 0.3) is 0 Å². The van der Waals surface area contributed by atoms with Gasteiger partial charge >= 0.3 is 0 Å². The summed E-state index contributed by atoms with van der Waals surface area (Å²) >= 11 is 0. The summed E-state index contributed by atoms with van der Waals surface area (Å²) in [5, 5.41) is 3.38. The highest BCUT2D eigenvalue weighted by Crippen LogP contribution is 2.21. The number of nitrogens with zero attached hydrogens (tertiary/aromatic N) is 1. The number of aromatic nitrogens is 1. The van der Waals surface area contributed by atoms with Crippen molar-refractivity contribution < 1.29 is 4.74 Å². The maximum atomic E-state index is 5.93. The van der Waals surface area contributed by atoms with Crippen molar-refractivity contribution in [1.29, 1.82) is 0 Å². The van der Waals surface area contributed by atoms with E-state index in [4.69, 9.17) is 4.74 Å². The molecule has 1 saturated carbocycles. The molecule has 0 spiro atoms. The first-order chi connectivity index (χ1) is 9.38. The van der Waals surface area contributed by atoms with Crippen LogP contribution in [0.3, 0.4) is 0 Å². The zero-order chi connectivity index (χ0) is 13.3. The van der Waals surface area contributed by atoms with E-state index in [1.807, 2.05) is 6.20 Å². The van der Waals surface area contributed by atoms with Crippen molar-refractivity contribution in [3.63, 3.8) is 0 Å². The normalized spacial score (nSPS) is 16.7. The first-order valence-corrected chi connectivity index (χ1v) is 7.64. The van der Waals surface area contributed by atoms with E-state index in [9.17, 15) is 0 Å². The van der Waals surface area contributed by atoms with Gasteiger partial charge in [0.05, 0.1) is 18.4 Å². The van der Waals surface area contributed by atoms with Crippen molar-refractivity contribution >= 4 is 0 Å². The zero-order valence-electron chi connectivity index (χ0n) is 12.0. The van der Waals surface area contributed by atoms with E-state index in [1.165, 1.54) is 44.1 Å². The van der Waals surface area contributed by atoms with Crippen LogP contribution in [0.2, 0.25) is 0 Å². The van der Waals surface area contributed by atoms with Crippen LogP contribution in [-0.4, -0.2) is 17.6 Å². The van der Waals surface area contributed by atoms with Gasteiger partial charge in [-0.2, -0.15) is 0 Å². The number of rotatable bonds is 7. The minimum atomic E-state index is 0.460. The Balaban J connectivity index is 1.71. The van der Waals surface area contributed by atoms with Crippen molar-refractivity contribution in [3.05, 3.63) is 29.6 Å². The fraction of sp³-hybridized carbons (Fsp3) is 0.688. The molecular formula is C16H26N2O. The van der Waals surface area contributed by atoms with Crippen LogP contribution in [-0.2, 0) is 17.9 Å². The van der Waals surface area contributed by atoms with Gasteiger partial charge in [-0.15, -0.1) is 0 Å². The summed E-state index contributed by atoms with van der Waals surface area (Å²) < 4.78 is 5.93. The van der Waals surface area contributed by atoms with Crippen LogP contribution in [0.5, 0.6) is 0 Å². The lowest BCUT2D eigenvalue weighted by molar-refractivity contribution is 0.0152. The average molecular weight is 262 g/mol. The molecule has 0 unspecified atom stereocenters. The van der Waals surface area contributed by atoms with Gasteiger partial charge in [0, 0.05) is 12.7 Å². The molecule has 0 amide bonds. The predicted molar refractivity (Wildman–Crippen MR) is 77.9 cm³/mol. The van der Waals surface area contributed by atoms with Crippen molar-refractivity contribution in [2.75, 3.05) is 6.54 Å². The van der Waals surface area contributed by atoms with Gasteiger partial charge in [0.15, 0.2) is 0 Å². The van der Waals surface area contributed by atoms with Gasteiger partial charge in [-0.05, 0) is 37.4 Å². The van der Waals surface area contributed by atoms with Crippen LogP contribution in [0.4, 0.5) is 0 Å². The Bertz CT molecular complexity index is 344. The molecule has 1 aromatic heterocycles. The van der Waals surface area contributed by atoms with Gasteiger partial charge in [-0.1, -0.05) is 32.3 Å². The second-order valence-electron chi connectivity index (χ2n) is 5.41. The summed E-state index contributed by atoms with van der Waals surface area (Å²) in [6, 6.07) is 4.24. The Morgan fingerprint density at radius 3 is 2.79 bits per heavy atom. The van der Waals surface area contributed by atoms with Crippen LogP contribution in [0.1, 0.15) is 56.7 Å². The summed E-state index contributed by atoms with van der Waals surface area (Å²) in [6.07, 6.45) is 10.0. The Morgan fingerprint density at radius 1 is 1.26 bits per heavy atom. The highest BCUT2D eigenvalue weighted by molar-refractivity contribution is 5.13. The van der Waals surface area contributed by atoms with Gasteiger partial charge in [0.25, 0.3) is 0 Å². The molecule has 1 N–H and O–H groups in total. The Kier molecular flexibility index (Phi) is 6.31. The Morgan fingerprint density at radius 2 is 2.11 bits per heavy atom. The van der Waals surface area contributed by atoms with E-state index in [1.54, 1.807) is 0 Å². The van der Waals surface area contributed by atoms with Crippen molar-refractivity contribution in [1.82, 2.24) is 10.3 Å². The smallest absolute Gasteiger partial charge is 0.0891 e. The molecule has 0 bridgehead atoms. The van der Waals surface area contributed by atoms with Gasteiger partial charge in [0.2, 0.25) is 0 Å². The topological polar surface area (TPSA) is 34.1 Å². The summed E-state index contributed by atoms with van der Waals surface area (Å²) in [5.41, 5.74) is 2.29. The third kappa shape index (κ3) is 5.29. The van der Waals surface area contributed by atoms with Crippen LogP contribution < -0.4 is 5.32 Å². The Labute approximate surface area is 116 Å². The van der Waals surface area contributed by atoms with Gasteiger partial charge in [-0.3, -0.25) is 4.98 Å². The van der Waals surface area contributed by atoms with Gasteiger partial charge in [-0.25, -0.2) is 0 Å². The third-order valence-electron chi connectivity index (χ3n) is 3.66. The fourth-order valence-electron chi connectivity index (χ4n) is 2.49. The molecular weight excluding hydrogens is 236 g/mol. The van der Waals surface area contributed by atoms with E-state index in [0.717, 1.165) is 18.8 Å². The molecule has 1 aliphatic carbocycles. The molecule has 3 nitrogen and oxygen atoms in total. The maximum absolute atomic E-state index is 5.93. The highest BCUT2D eigenvalue weighted by Gasteiger charge is 2.13. The minimum Gasteiger partial charge on any atom is -0.372 e. The standard InChI is InChI=1S/C16H26N2O/c1-2-10-17-11-14-8-9-15(18-12-14)13-19-16-6-4-3-5-7-16/h8-9,12,16-17H,2-7,10-11,13H2,1H3. The molecule has 0 atom stereocenters. The largest absolute Gasteiger partial charge is 0.372 e. The second kappa shape index (κ2) is 8.28. The molecule has 0 saturated heterocycles. The first-order valence-electron chi connectivity index (χ1n) is 7.64. The molecule has 1 heterocycles. The van der Waals surface area contributed by atoms with Crippen LogP contribution >= 0.6 is 0 Å². The van der Waals surface area contributed by atoms with Crippen molar-refractivity contribution in [2.24, 2.45) is 0 Å². The third-order valence-corrected chi connectivity index (χ3v) is 3.66. The number of hydrogen-bond donors (Lipinski definition) is 1. The predicted octanol–water partition coefficient (Wildman–Crippen LogP) is 3.43. The molecule has 0 aromatic carbocycles. The summed E-state index contributed by atoms with van der Waals surface area (Å²) in [6.45, 7) is 4.81. The van der Waals surface area contributed by atoms with Crippen molar-refractivity contribution in [2.45, 2.75) is 64.7 Å². The van der Waals surface area contributed by atoms with E-state index < -0.39 is 0 Å². The number of pyridine rings is 1. The van der Waals surface area contributed by atoms with E-state index in [2.05, 4.69) is 29.4 Å². The first kappa shape index (κ1) is 14.5. The van der Waals surface area contributed by atoms with E-state index in [-0.39, 0.29) is 0 Å². The van der Waals surface area contributed by atoms with E-state index in [0.29, 0.717) is 12.7 Å². The molecule has 0 radical (unpaired) electrons. The van der Waals surface area contributed by atoms with Crippen molar-refractivity contribution in [3.8, 4) is 0 Å². The maximum Gasteiger partial charge on any atom is 0.0891 e. The molecule has 1 aliphatic rings. The summed E-state index contributed by atoms with van der Waals surface area (Å²) in [7, 11) is 0.